The van der Waals surface area contributed by atoms with Gasteiger partial charge in [0.2, 0.25) is 11.8 Å². The largest absolute Gasteiger partial charge is 0.355 e. The summed E-state index contributed by atoms with van der Waals surface area (Å²) in [5, 5.41) is 3.43. The molecule has 0 aromatic heterocycles. The van der Waals surface area contributed by atoms with Gasteiger partial charge in [-0.1, -0.05) is 23.7 Å². The van der Waals surface area contributed by atoms with E-state index in [4.69, 9.17) is 11.6 Å². The van der Waals surface area contributed by atoms with E-state index in [2.05, 4.69) is 5.32 Å². The number of carbonyl (C=O) groups is 2. The molecule has 4 nitrogen and oxygen atoms in total. The van der Waals surface area contributed by atoms with Crippen LogP contribution < -0.4 is 10.2 Å². The van der Waals surface area contributed by atoms with Crippen LogP contribution in [0.15, 0.2) is 42.5 Å². The molecule has 26 heavy (non-hydrogen) atoms. The zero-order valence-electron chi connectivity index (χ0n) is 13.8. The van der Waals surface area contributed by atoms with Crippen molar-refractivity contribution < 1.29 is 18.4 Å². The predicted molar refractivity (Wildman–Crippen MR) is 95.0 cm³/mol. The molecule has 2 aromatic carbocycles. The van der Waals surface area contributed by atoms with Gasteiger partial charge in [0, 0.05) is 30.6 Å². The smallest absolute Gasteiger partial charge is 0.227 e. The van der Waals surface area contributed by atoms with E-state index >= 15 is 0 Å². The van der Waals surface area contributed by atoms with E-state index in [9.17, 15) is 18.4 Å². The van der Waals surface area contributed by atoms with E-state index in [-0.39, 0.29) is 30.5 Å². The lowest BCUT2D eigenvalue weighted by Gasteiger charge is -2.17. The van der Waals surface area contributed by atoms with Crippen molar-refractivity contribution in [2.45, 2.75) is 12.8 Å². The molecule has 0 radical (unpaired) electrons. The lowest BCUT2D eigenvalue weighted by Crippen LogP contribution is -2.34. The summed E-state index contributed by atoms with van der Waals surface area (Å²) in [5.74, 6) is -2.71. The number of hydrogen-bond acceptors (Lipinski definition) is 2. The average Bonchev–Trinajstić information content (AvgIpc) is 2.97. The summed E-state index contributed by atoms with van der Waals surface area (Å²) in [6.07, 6.45) is 0.614. The molecule has 0 aliphatic carbocycles. The molecule has 3 rings (SSSR count). The van der Waals surface area contributed by atoms with Crippen molar-refractivity contribution in [1.29, 1.82) is 0 Å². The number of rotatable bonds is 5. The Morgan fingerprint density at radius 3 is 2.77 bits per heavy atom. The van der Waals surface area contributed by atoms with E-state index in [0.717, 1.165) is 17.7 Å². The Hall–Kier alpha value is -2.47. The SMILES string of the molecule is O=C(NCCc1cccc(Cl)c1)C1CC(=O)N(c2ccc(F)cc2F)C1. The molecule has 0 bridgehead atoms. The number of anilines is 1. The Labute approximate surface area is 154 Å². The van der Waals surface area contributed by atoms with Gasteiger partial charge in [0.15, 0.2) is 0 Å². The van der Waals surface area contributed by atoms with Gasteiger partial charge in [0.05, 0.1) is 11.6 Å². The van der Waals surface area contributed by atoms with Crippen LogP contribution in [-0.4, -0.2) is 24.9 Å². The van der Waals surface area contributed by atoms with Crippen molar-refractivity contribution in [2.24, 2.45) is 5.92 Å². The van der Waals surface area contributed by atoms with Crippen molar-refractivity contribution in [3.05, 3.63) is 64.7 Å². The minimum absolute atomic E-state index is 0.000184. The van der Waals surface area contributed by atoms with E-state index in [1.54, 1.807) is 6.07 Å². The highest BCUT2D eigenvalue weighted by Crippen LogP contribution is 2.28. The number of hydrogen-bond donors (Lipinski definition) is 1. The topological polar surface area (TPSA) is 49.4 Å². The highest BCUT2D eigenvalue weighted by Gasteiger charge is 2.36. The van der Waals surface area contributed by atoms with Crippen LogP contribution in [-0.2, 0) is 16.0 Å². The fourth-order valence-electron chi connectivity index (χ4n) is 2.98. The van der Waals surface area contributed by atoms with Gasteiger partial charge in [-0.05, 0) is 36.2 Å². The highest BCUT2D eigenvalue weighted by atomic mass is 35.5. The number of halogens is 3. The quantitative estimate of drug-likeness (QED) is 0.867. The third-order valence-electron chi connectivity index (χ3n) is 4.30. The molecule has 1 fully saturated rings. The van der Waals surface area contributed by atoms with Crippen molar-refractivity contribution in [3.63, 3.8) is 0 Å². The van der Waals surface area contributed by atoms with Crippen LogP contribution in [0.2, 0.25) is 5.02 Å². The van der Waals surface area contributed by atoms with Gasteiger partial charge in [0.25, 0.3) is 0 Å². The van der Waals surface area contributed by atoms with Crippen LogP contribution in [0.1, 0.15) is 12.0 Å². The molecule has 1 atom stereocenters. The Balaban J connectivity index is 1.57. The first kappa shape index (κ1) is 18.3. The molecule has 1 saturated heterocycles. The summed E-state index contributed by atoms with van der Waals surface area (Å²) in [6.45, 7) is 0.485. The maximum atomic E-state index is 13.9. The fourth-order valence-corrected chi connectivity index (χ4v) is 3.20. The second-order valence-corrected chi connectivity index (χ2v) is 6.61. The monoisotopic (exact) mass is 378 g/mol. The van der Waals surface area contributed by atoms with Crippen molar-refractivity contribution in [3.8, 4) is 0 Å². The third kappa shape index (κ3) is 4.19. The average molecular weight is 379 g/mol. The van der Waals surface area contributed by atoms with Crippen LogP contribution >= 0.6 is 11.6 Å². The molecule has 1 N–H and O–H groups in total. The molecule has 1 heterocycles. The molecular weight excluding hydrogens is 362 g/mol. The summed E-state index contributed by atoms with van der Waals surface area (Å²) >= 11 is 5.92. The molecule has 1 unspecified atom stereocenters. The van der Waals surface area contributed by atoms with Gasteiger partial charge in [-0.25, -0.2) is 8.78 Å². The van der Waals surface area contributed by atoms with E-state index in [1.807, 2.05) is 18.2 Å². The summed E-state index contributed by atoms with van der Waals surface area (Å²) in [4.78, 5) is 25.6. The van der Waals surface area contributed by atoms with Crippen molar-refractivity contribution in [1.82, 2.24) is 5.32 Å². The summed E-state index contributed by atoms with van der Waals surface area (Å²) in [6, 6.07) is 10.4. The van der Waals surface area contributed by atoms with Gasteiger partial charge in [0.1, 0.15) is 11.6 Å². The second kappa shape index (κ2) is 7.83. The first-order chi connectivity index (χ1) is 12.4. The molecule has 0 saturated carbocycles. The van der Waals surface area contributed by atoms with Crippen LogP contribution in [0.3, 0.4) is 0 Å². The molecule has 0 spiro atoms. The third-order valence-corrected chi connectivity index (χ3v) is 4.53. The zero-order valence-corrected chi connectivity index (χ0v) is 14.6. The second-order valence-electron chi connectivity index (χ2n) is 6.17. The molecule has 2 aromatic rings. The summed E-state index contributed by atoms with van der Waals surface area (Å²) in [5.41, 5.74) is 0.987. The number of carbonyl (C=O) groups excluding carboxylic acids is 2. The van der Waals surface area contributed by atoms with E-state index < -0.39 is 17.6 Å². The van der Waals surface area contributed by atoms with E-state index in [1.165, 1.54) is 11.0 Å². The van der Waals surface area contributed by atoms with Crippen LogP contribution in [0.4, 0.5) is 14.5 Å². The zero-order chi connectivity index (χ0) is 18.7. The first-order valence-electron chi connectivity index (χ1n) is 8.21. The molecule has 1 aliphatic heterocycles. The fraction of sp³-hybridized carbons (Fsp3) is 0.263. The molecule has 1 aliphatic rings. The lowest BCUT2D eigenvalue weighted by molar-refractivity contribution is -0.126. The van der Waals surface area contributed by atoms with Gasteiger partial charge in [-0.15, -0.1) is 0 Å². The first-order valence-corrected chi connectivity index (χ1v) is 8.59. The lowest BCUT2D eigenvalue weighted by atomic mass is 10.1. The maximum Gasteiger partial charge on any atom is 0.227 e. The number of nitrogens with one attached hydrogen (secondary N) is 1. The summed E-state index contributed by atoms with van der Waals surface area (Å²) < 4.78 is 26.9. The predicted octanol–water partition coefficient (Wildman–Crippen LogP) is 3.33. The molecule has 136 valence electrons. The van der Waals surface area contributed by atoms with Gasteiger partial charge in [-0.2, -0.15) is 0 Å². The van der Waals surface area contributed by atoms with Gasteiger partial charge < -0.3 is 10.2 Å². The van der Waals surface area contributed by atoms with E-state index in [0.29, 0.717) is 18.0 Å². The Morgan fingerprint density at radius 2 is 2.04 bits per heavy atom. The van der Waals surface area contributed by atoms with Crippen LogP contribution in [0.5, 0.6) is 0 Å². The minimum atomic E-state index is -0.819. The number of benzene rings is 2. The number of amides is 2. The van der Waals surface area contributed by atoms with Crippen molar-refractivity contribution >= 4 is 29.1 Å². The Morgan fingerprint density at radius 1 is 1.23 bits per heavy atom. The van der Waals surface area contributed by atoms with Crippen LogP contribution in [0, 0.1) is 17.6 Å². The highest BCUT2D eigenvalue weighted by molar-refractivity contribution is 6.30. The standard InChI is InChI=1S/C19H17ClF2N2O2/c20-14-3-1-2-12(8-14)6-7-23-19(26)13-9-18(25)24(11-13)17-5-4-15(21)10-16(17)22/h1-5,8,10,13H,6-7,9,11H2,(H,23,26). The normalized spacial score (nSPS) is 16.8. The minimum Gasteiger partial charge on any atom is -0.355 e. The number of nitrogens with zero attached hydrogens (tertiary/aromatic N) is 1. The Bertz CT molecular complexity index is 844. The van der Waals surface area contributed by atoms with Crippen molar-refractivity contribution in [2.75, 3.05) is 18.0 Å². The Kier molecular flexibility index (Phi) is 5.52. The van der Waals surface area contributed by atoms with Gasteiger partial charge in [-0.3, -0.25) is 9.59 Å². The van der Waals surface area contributed by atoms with Gasteiger partial charge >= 0.3 is 0 Å². The van der Waals surface area contributed by atoms with Crippen LogP contribution in [0.25, 0.3) is 0 Å². The molecule has 2 amide bonds. The summed E-state index contributed by atoms with van der Waals surface area (Å²) in [7, 11) is 0. The molecule has 7 heteroatoms. The maximum absolute atomic E-state index is 13.9. The molecular formula is C19H17ClF2N2O2.